The van der Waals surface area contributed by atoms with Crippen LogP contribution < -0.4 is 26.4 Å². The molecule has 2 aromatic heterocycles. The van der Waals surface area contributed by atoms with Crippen LogP contribution in [-0.2, 0) is 9.59 Å². The van der Waals surface area contributed by atoms with E-state index in [9.17, 15) is 18.0 Å². The lowest BCUT2D eigenvalue weighted by atomic mass is 9.95. The number of alkyl halides is 3. The van der Waals surface area contributed by atoms with E-state index in [1.54, 1.807) is 6.33 Å². The summed E-state index contributed by atoms with van der Waals surface area (Å²) in [4.78, 5) is 37.7. The molecule has 3 aromatic rings. The van der Waals surface area contributed by atoms with Crippen LogP contribution in [0.3, 0.4) is 0 Å². The van der Waals surface area contributed by atoms with Crippen molar-refractivity contribution < 1.29 is 32.6 Å². The second-order valence-corrected chi connectivity index (χ2v) is 10.6. The standard InChI is InChI=1S/C26H38N8O2.C2HF3O2/c1-16(2)21(27)25(35)28-12-7-13-36-19-10-11-20(17(3)14-19)32-26-33-23-22(29-15-30-23)24(34-26)31-18-8-5-4-6-9-18;3-2(4,5)1(6)7/h10-11,14-16,18,21H,4-9,12-13,27H2,1-3H3,(H,28,35)(H3,29,30,31,32,33,34);(H,6,7)/t21-;/m0./s1. The van der Waals surface area contributed by atoms with Crippen molar-refractivity contribution in [3.05, 3.63) is 30.1 Å². The van der Waals surface area contributed by atoms with E-state index in [1.807, 2.05) is 39.0 Å². The zero-order chi connectivity index (χ0) is 31.6. The van der Waals surface area contributed by atoms with Gasteiger partial charge < -0.3 is 36.5 Å². The summed E-state index contributed by atoms with van der Waals surface area (Å²) in [7, 11) is 0. The van der Waals surface area contributed by atoms with Gasteiger partial charge in [-0.05, 0) is 55.9 Å². The molecular formula is C28H39F3N8O4. The molecule has 0 spiro atoms. The SMILES string of the molecule is Cc1cc(OCCCNC(=O)[C@@H](N)C(C)C)ccc1Nc1nc(NC2CCCCC2)c2nc[nH]c2n1.O=C(O)C(F)(F)F. The van der Waals surface area contributed by atoms with E-state index in [-0.39, 0.29) is 11.8 Å². The molecule has 0 radical (unpaired) electrons. The van der Waals surface area contributed by atoms with E-state index in [0.717, 1.165) is 41.2 Å². The van der Waals surface area contributed by atoms with E-state index >= 15 is 0 Å². The molecule has 0 bridgehead atoms. The van der Waals surface area contributed by atoms with E-state index in [0.29, 0.717) is 37.2 Å². The second-order valence-electron chi connectivity index (χ2n) is 10.6. The Balaban J connectivity index is 0.000000646. The third kappa shape index (κ3) is 10.3. The van der Waals surface area contributed by atoms with Gasteiger partial charge >= 0.3 is 12.1 Å². The minimum atomic E-state index is -5.08. The average molecular weight is 609 g/mol. The monoisotopic (exact) mass is 608 g/mol. The number of halogens is 3. The number of fused-ring (bicyclic) bond motifs is 1. The van der Waals surface area contributed by atoms with Gasteiger partial charge in [0.25, 0.3) is 0 Å². The van der Waals surface area contributed by atoms with Gasteiger partial charge in [-0.3, -0.25) is 4.79 Å². The van der Waals surface area contributed by atoms with Crippen molar-refractivity contribution in [2.45, 2.75) is 77.6 Å². The number of anilines is 3. The lowest BCUT2D eigenvalue weighted by molar-refractivity contribution is -0.192. The van der Waals surface area contributed by atoms with Crippen molar-refractivity contribution in [2.24, 2.45) is 11.7 Å². The highest BCUT2D eigenvalue weighted by molar-refractivity contribution is 5.84. The van der Waals surface area contributed by atoms with Crippen LogP contribution >= 0.6 is 0 Å². The minimum absolute atomic E-state index is 0.114. The Bertz CT molecular complexity index is 1360. The number of amides is 1. The fourth-order valence-corrected chi connectivity index (χ4v) is 4.31. The zero-order valence-corrected chi connectivity index (χ0v) is 24.4. The van der Waals surface area contributed by atoms with Gasteiger partial charge in [-0.2, -0.15) is 23.1 Å². The van der Waals surface area contributed by atoms with Crippen LogP contribution in [0.1, 0.15) is 57.9 Å². The highest BCUT2D eigenvalue weighted by Gasteiger charge is 2.38. The number of aryl methyl sites for hydroxylation is 1. The van der Waals surface area contributed by atoms with Gasteiger partial charge in [-0.1, -0.05) is 33.1 Å². The average Bonchev–Trinajstić information content (AvgIpc) is 3.43. The molecule has 7 N–H and O–H groups in total. The number of hydrogen-bond donors (Lipinski definition) is 6. The molecule has 1 atom stereocenters. The molecule has 1 aliphatic rings. The number of aromatic amines is 1. The van der Waals surface area contributed by atoms with Gasteiger partial charge in [0.1, 0.15) is 11.3 Å². The molecule has 1 fully saturated rings. The Hall–Kier alpha value is -4.14. The van der Waals surface area contributed by atoms with Crippen molar-refractivity contribution in [1.82, 2.24) is 25.3 Å². The van der Waals surface area contributed by atoms with E-state index in [1.165, 1.54) is 19.3 Å². The first-order valence-electron chi connectivity index (χ1n) is 14.2. The summed E-state index contributed by atoms with van der Waals surface area (Å²) in [5.74, 6) is -0.723. The zero-order valence-electron chi connectivity index (χ0n) is 24.4. The third-order valence-corrected chi connectivity index (χ3v) is 6.82. The number of aliphatic carboxylic acids is 1. The van der Waals surface area contributed by atoms with E-state index in [4.69, 9.17) is 25.4 Å². The second kappa shape index (κ2) is 15.4. The predicted molar refractivity (Wildman–Crippen MR) is 156 cm³/mol. The molecule has 0 aliphatic heterocycles. The van der Waals surface area contributed by atoms with Crippen LogP contribution in [0, 0.1) is 12.8 Å². The number of carboxylic acid groups (broad SMARTS) is 1. The summed E-state index contributed by atoms with van der Waals surface area (Å²) < 4.78 is 37.6. The summed E-state index contributed by atoms with van der Waals surface area (Å²) >= 11 is 0. The molecule has 43 heavy (non-hydrogen) atoms. The van der Waals surface area contributed by atoms with Gasteiger partial charge in [0.2, 0.25) is 11.9 Å². The molecule has 1 amide bonds. The van der Waals surface area contributed by atoms with Crippen molar-refractivity contribution >= 4 is 40.5 Å². The highest BCUT2D eigenvalue weighted by atomic mass is 19.4. The summed E-state index contributed by atoms with van der Waals surface area (Å²) in [5, 5.41) is 16.9. The number of rotatable bonds is 11. The highest BCUT2D eigenvalue weighted by Crippen LogP contribution is 2.28. The largest absolute Gasteiger partial charge is 0.494 e. The number of aromatic nitrogens is 4. The molecule has 236 valence electrons. The molecule has 1 aromatic carbocycles. The van der Waals surface area contributed by atoms with Gasteiger partial charge in [-0.25, -0.2) is 9.78 Å². The van der Waals surface area contributed by atoms with Gasteiger partial charge in [-0.15, -0.1) is 0 Å². The fourth-order valence-electron chi connectivity index (χ4n) is 4.31. The molecule has 4 rings (SSSR count). The number of nitrogens with zero attached hydrogens (tertiary/aromatic N) is 3. The number of nitrogens with one attached hydrogen (secondary N) is 4. The number of hydrogen-bond acceptors (Lipinski definition) is 9. The smallest absolute Gasteiger partial charge is 0.490 e. The molecule has 1 aliphatic carbocycles. The van der Waals surface area contributed by atoms with Crippen LogP contribution in [0.4, 0.5) is 30.6 Å². The molecule has 15 heteroatoms. The summed E-state index contributed by atoms with van der Waals surface area (Å²) in [6.07, 6.45) is 3.35. The first-order valence-corrected chi connectivity index (χ1v) is 14.2. The van der Waals surface area contributed by atoms with E-state index in [2.05, 4.69) is 30.9 Å². The number of carboxylic acids is 1. The Kier molecular flexibility index (Phi) is 11.9. The number of nitrogens with two attached hydrogens (primary N) is 1. The van der Waals surface area contributed by atoms with Crippen LogP contribution in [0.5, 0.6) is 5.75 Å². The van der Waals surface area contributed by atoms with Gasteiger partial charge in [0.05, 0.1) is 19.0 Å². The van der Waals surface area contributed by atoms with Crippen molar-refractivity contribution in [1.29, 1.82) is 0 Å². The van der Waals surface area contributed by atoms with Crippen molar-refractivity contribution in [2.75, 3.05) is 23.8 Å². The topological polar surface area (TPSA) is 180 Å². The number of ether oxygens (including phenoxy) is 1. The molecular weight excluding hydrogens is 569 g/mol. The maximum Gasteiger partial charge on any atom is 0.490 e. The Morgan fingerprint density at radius 1 is 1.19 bits per heavy atom. The number of imidazole rings is 1. The molecule has 1 saturated carbocycles. The molecule has 0 unspecified atom stereocenters. The minimum Gasteiger partial charge on any atom is -0.494 e. The van der Waals surface area contributed by atoms with Crippen LogP contribution in [0.25, 0.3) is 11.2 Å². The lowest BCUT2D eigenvalue weighted by Crippen LogP contribution is -2.44. The number of H-pyrrole nitrogens is 1. The number of carbonyl (C=O) groups is 2. The molecule has 0 saturated heterocycles. The quantitative estimate of drug-likeness (QED) is 0.168. The summed E-state index contributed by atoms with van der Waals surface area (Å²) in [5.41, 5.74) is 9.23. The Morgan fingerprint density at radius 2 is 1.88 bits per heavy atom. The maximum absolute atomic E-state index is 11.9. The molecule has 2 heterocycles. The van der Waals surface area contributed by atoms with Crippen molar-refractivity contribution in [3.63, 3.8) is 0 Å². The third-order valence-electron chi connectivity index (χ3n) is 6.82. The first kappa shape index (κ1) is 33.4. The number of carbonyl (C=O) groups excluding carboxylic acids is 1. The Morgan fingerprint density at radius 3 is 2.51 bits per heavy atom. The fraction of sp³-hybridized carbons (Fsp3) is 0.536. The van der Waals surface area contributed by atoms with Crippen LogP contribution in [0.2, 0.25) is 0 Å². The predicted octanol–water partition coefficient (Wildman–Crippen LogP) is 4.65. The van der Waals surface area contributed by atoms with Crippen LogP contribution in [-0.4, -0.2) is 68.3 Å². The van der Waals surface area contributed by atoms with Gasteiger partial charge in [0.15, 0.2) is 11.5 Å². The Labute approximate surface area is 247 Å². The lowest BCUT2D eigenvalue weighted by Gasteiger charge is -2.23. The van der Waals surface area contributed by atoms with Crippen LogP contribution in [0.15, 0.2) is 24.5 Å². The summed E-state index contributed by atoms with van der Waals surface area (Å²) in [6, 6.07) is 5.79. The van der Waals surface area contributed by atoms with Gasteiger partial charge in [0, 0.05) is 18.3 Å². The number of benzene rings is 1. The van der Waals surface area contributed by atoms with Crippen molar-refractivity contribution in [3.8, 4) is 5.75 Å². The molecule has 12 nitrogen and oxygen atoms in total. The normalized spacial score (nSPS) is 14.5. The maximum atomic E-state index is 11.9. The first-order chi connectivity index (χ1) is 20.3. The van der Waals surface area contributed by atoms with E-state index < -0.39 is 18.2 Å². The summed E-state index contributed by atoms with van der Waals surface area (Å²) in [6.45, 7) is 6.91.